The van der Waals surface area contributed by atoms with Crippen LogP contribution in [0.4, 0.5) is 0 Å². The third-order valence-corrected chi connectivity index (χ3v) is 3.57. The van der Waals surface area contributed by atoms with Crippen molar-refractivity contribution in [2.75, 3.05) is 27.2 Å². The fourth-order valence-corrected chi connectivity index (χ4v) is 2.51. The van der Waals surface area contributed by atoms with Crippen molar-refractivity contribution in [2.24, 2.45) is 11.7 Å². The molecule has 100 valence electrons. The first-order chi connectivity index (χ1) is 7.91. The van der Waals surface area contributed by atoms with Gasteiger partial charge in [0.05, 0.1) is 6.04 Å². The number of nitrogens with two attached hydrogens (primary N) is 1. The van der Waals surface area contributed by atoms with Crippen LogP contribution in [-0.2, 0) is 4.79 Å². The van der Waals surface area contributed by atoms with E-state index in [1.165, 1.54) is 12.8 Å². The van der Waals surface area contributed by atoms with Gasteiger partial charge in [0.1, 0.15) is 0 Å². The first-order valence-corrected chi connectivity index (χ1v) is 6.62. The summed E-state index contributed by atoms with van der Waals surface area (Å²) in [4.78, 5) is 16.2. The Morgan fingerprint density at radius 2 is 2.18 bits per heavy atom. The highest BCUT2D eigenvalue weighted by Crippen LogP contribution is 2.16. The Kier molecular flexibility index (Phi) is 5.40. The van der Waals surface area contributed by atoms with Crippen LogP contribution in [0, 0.1) is 5.92 Å². The van der Waals surface area contributed by atoms with Crippen molar-refractivity contribution in [1.82, 2.24) is 9.80 Å². The molecule has 17 heavy (non-hydrogen) atoms. The second-order valence-electron chi connectivity index (χ2n) is 5.73. The van der Waals surface area contributed by atoms with Crippen LogP contribution in [0.15, 0.2) is 0 Å². The van der Waals surface area contributed by atoms with Gasteiger partial charge in [-0.1, -0.05) is 13.8 Å². The van der Waals surface area contributed by atoms with E-state index in [4.69, 9.17) is 5.73 Å². The van der Waals surface area contributed by atoms with Gasteiger partial charge in [0.25, 0.3) is 0 Å². The predicted molar refractivity (Wildman–Crippen MR) is 70.7 cm³/mol. The van der Waals surface area contributed by atoms with Crippen molar-refractivity contribution in [3.8, 4) is 0 Å². The number of rotatable bonds is 5. The number of amides is 1. The lowest BCUT2D eigenvalue weighted by Crippen LogP contribution is -2.46. The highest BCUT2D eigenvalue weighted by molar-refractivity contribution is 5.81. The van der Waals surface area contributed by atoms with Crippen LogP contribution in [0.3, 0.4) is 0 Å². The Labute approximate surface area is 105 Å². The van der Waals surface area contributed by atoms with E-state index in [0.29, 0.717) is 12.0 Å². The fraction of sp³-hybridized carbons (Fsp3) is 0.923. The maximum atomic E-state index is 12.1. The molecule has 0 aromatic heterocycles. The molecule has 1 amide bonds. The van der Waals surface area contributed by atoms with Gasteiger partial charge in [-0.05, 0) is 38.8 Å². The van der Waals surface area contributed by atoms with Gasteiger partial charge in [0, 0.05) is 19.6 Å². The average Bonchev–Trinajstić information content (AvgIpc) is 2.62. The second kappa shape index (κ2) is 6.36. The van der Waals surface area contributed by atoms with Gasteiger partial charge in [-0.3, -0.25) is 4.79 Å². The van der Waals surface area contributed by atoms with Gasteiger partial charge >= 0.3 is 0 Å². The van der Waals surface area contributed by atoms with Gasteiger partial charge in [-0.2, -0.15) is 0 Å². The van der Waals surface area contributed by atoms with E-state index in [2.05, 4.69) is 25.8 Å². The second-order valence-corrected chi connectivity index (χ2v) is 5.73. The molecule has 1 fully saturated rings. The van der Waals surface area contributed by atoms with Crippen LogP contribution >= 0.6 is 0 Å². The van der Waals surface area contributed by atoms with E-state index in [9.17, 15) is 4.79 Å². The molecule has 1 aliphatic heterocycles. The minimum Gasteiger partial charge on any atom is -0.343 e. The topological polar surface area (TPSA) is 49.6 Å². The molecule has 4 nitrogen and oxygen atoms in total. The number of hydrogen-bond donors (Lipinski definition) is 1. The van der Waals surface area contributed by atoms with E-state index in [1.54, 1.807) is 4.90 Å². The quantitative estimate of drug-likeness (QED) is 0.778. The number of carbonyl (C=O) groups is 1. The van der Waals surface area contributed by atoms with Crippen molar-refractivity contribution in [2.45, 2.75) is 45.2 Å². The van der Waals surface area contributed by atoms with E-state index in [-0.39, 0.29) is 11.9 Å². The Morgan fingerprint density at radius 3 is 2.65 bits per heavy atom. The SMILES string of the molecule is CC(C)CC(N)C(=O)N(C)CC1CCCN1C. The van der Waals surface area contributed by atoms with E-state index >= 15 is 0 Å². The summed E-state index contributed by atoms with van der Waals surface area (Å²) in [6.07, 6.45) is 3.19. The Morgan fingerprint density at radius 1 is 1.53 bits per heavy atom. The zero-order valence-corrected chi connectivity index (χ0v) is 11.6. The van der Waals surface area contributed by atoms with E-state index in [0.717, 1.165) is 19.5 Å². The third-order valence-electron chi connectivity index (χ3n) is 3.57. The molecule has 4 heteroatoms. The minimum atomic E-state index is -0.341. The molecule has 0 aromatic carbocycles. The summed E-state index contributed by atoms with van der Waals surface area (Å²) in [6, 6.07) is 0.168. The monoisotopic (exact) mass is 241 g/mol. The number of carbonyl (C=O) groups excluding carboxylic acids is 1. The molecule has 1 heterocycles. The molecule has 2 atom stereocenters. The molecule has 0 radical (unpaired) electrons. The molecule has 0 bridgehead atoms. The largest absolute Gasteiger partial charge is 0.343 e. The summed E-state index contributed by atoms with van der Waals surface area (Å²) in [5.74, 6) is 0.551. The summed E-state index contributed by atoms with van der Waals surface area (Å²) >= 11 is 0. The Balaban J connectivity index is 2.40. The van der Waals surface area contributed by atoms with E-state index in [1.807, 2.05) is 7.05 Å². The summed E-state index contributed by atoms with van der Waals surface area (Å²) < 4.78 is 0. The number of likely N-dealkylation sites (tertiary alicyclic amines) is 1. The van der Waals surface area contributed by atoms with Crippen molar-refractivity contribution in [3.05, 3.63) is 0 Å². The molecule has 1 saturated heterocycles. The van der Waals surface area contributed by atoms with Crippen LogP contribution in [0.5, 0.6) is 0 Å². The van der Waals surface area contributed by atoms with E-state index < -0.39 is 0 Å². The van der Waals surface area contributed by atoms with Crippen LogP contribution in [0.25, 0.3) is 0 Å². The molecular formula is C13H27N3O. The summed E-state index contributed by atoms with van der Waals surface area (Å²) in [5.41, 5.74) is 5.92. The third kappa shape index (κ3) is 4.28. The standard InChI is InChI=1S/C13H27N3O/c1-10(2)8-12(14)13(17)16(4)9-11-6-5-7-15(11)3/h10-12H,5-9,14H2,1-4H3. The van der Waals surface area contributed by atoms with Gasteiger partial charge in [0.15, 0.2) is 0 Å². The van der Waals surface area contributed by atoms with Gasteiger partial charge in [-0.25, -0.2) is 0 Å². The lowest BCUT2D eigenvalue weighted by Gasteiger charge is -2.28. The molecule has 2 unspecified atom stereocenters. The van der Waals surface area contributed by atoms with Crippen LogP contribution in [-0.4, -0.2) is 55.0 Å². The summed E-state index contributed by atoms with van der Waals surface area (Å²) in [7, 11) is 4.00. The molecule has 2 N–H and O–H groups in total. The number of hydrogen-bond acceptors (Lipinski definition) is 3. The van der Waals surface area contributed by atoms with Crippen molar-refractivity contribution >= 4 is 5.91 Å². The van der Waals surface area contributed by atoms with Crippen molar-refractivity contribution in [3.63, 3.8) is 0 Å². The van der Waals surface area contributed by atoms with Gasteiger partial charge in [-0.15, -0.1) is 0 Å². The van der Waals surface area contributed by atoms with Crippen LogP contribution in [0.1, 0.15) is 33.1 Å². The zero-order valence-electron chi connectivity index (χ0n) is 11.6. The highest BCUT2D eigenvalue weighted by Gasteiger charge is 2.26. The summed E-state index contributed by atoms with van der Waals surface area (Å²) in [6.45, 7) is 6.14. The zero-order chi connectivity index (χ0) is 13.0. The summed E-state index contributed by atoms with van der Waals surface area (Å²) in [5, 5.41) is 0. The van der Waals surface area contributed by atoms with Crippen molar-refractivity contribution < 1.29 is 4.79 Å². The predicted octanol–water partition coefficient (Wildman–Crippen LogP) is 0.912. The molecule has 0 spiro atoms. The Hall–Kier alpha value is -0.610. The van der Waals surface area contributed by atoms with Gasteiger partial charge < -0.3 is 15.5 Å². The molecular weight excluding hydrogens is 214 g/mol. The van der Waals surface area contributed by atoms with Crippen molar-refractivity contribution in [1.29, 1.82) is 0 Å². The molecule has 1 aliphatic rings. The first-order valence-electron chi connectivity index (χ1n) is 6.62. The highest BCUT2D eigenvalue weighted by atomic mass is 16.2. The lowest BCUT2D eigenvalue weighted by molar-refractivity contribution is -0.132. The molecule has 0 aromatic rings. The minimum absolute atomic E-state index is 0.0824. The molecule has 0 saturated carbocycles. The molecule has 0 aliphatic carbocycles. The van der Waals surface area contributed by atoms with Gasteiger partial charge in [0.2, 0.25) is 5.91 Å². The average molecular weight is 241 g/mol. The lowest BCUT2D eigenvalue weighted by atomic mass is 10.0. The normalized spacial score (nSPS) is 23.1. The Bertz CT molecular complexity index is 255. The fourth-order valence-electron chi connectivity index (χ4n) is 2.51. The van der Waals surface area contributed by atoms with Crippen LogP contribution in [0.2, 0.25) is 0 Å². The number of nitrogens with zero attached hydrogens (tertiary/aromatic N) is 2. The smallest absolute Gasteiger partial charge is 0.239 e. The number of likely N-dealkylation sites (N-methyl/N-ethyl adjacent to an activating group) is 2. The molecule has 1 rings (SSSR count). The van der Waals surface area contributed by atoms with Crippen LogP contribution < -0.4 is 5.73 Å². The first kappa shape index (κ1) is 14.5. The maximum absolute atomic E-state index is 12.1. The maximum Gasteiger partial charge on any atom is 0.239 e.